The fourth-order valence-corrected chi connectivity index (χ4v) is 3.48. The molecule has 3 nitrogen and oxygen atoms in total. The second-order valence-corrected chi connectivity index (χ2v) is 7.28. The van der Waals surface area contributed by atoms with Gasteiger partial charge in [0, 0.05) is 21.7 Å². The fourth-order valence-electron chi connectivity index (χ4n) is 3.03. The lowest BCUT2D eigenvalue weighted by Crippen LogP contribution is -1.84. The van der Waals surface area contributed by atoms with Crippen LogP contribution in [0.2, 0.25) is 0 Å². The molecule has 0 aliphatic heterocycles. The van der Waals surface area contributed by atoms with E-state index in [1.54, 1.807) is 6.07 Å². The molecule has 2 heterocycles. The smallest absolute Gasteiger partial charge is 0.185 e. The number of fused-ring (bicyclic) bond motifs is 2. The van der Waals surface area contributed by atoms with E-state index in [1.807, 2.05) is 54.6 Å². The molecule has 0 amide bonds. The zero-order valence-electron chi connectivity index (χ0n) is 15.0. The summed E-state index contributed by atoms with van der Waals surface area (Å²) in [5.41, 5.74) is 2.96. The molecule has 3 aromatic carbocycles. The number of furan rings is 2. The summed E-state index contributed by atoms with van der Waals surface area (Å²) in [6.45, 7) is 0. The highest BCUT2D eigenvalue weighted by Crippen LogP contribution is 2.22. The van der Waals surface area contributed by atoms with Gasteiger partial charge in [0.2, 0.25) is 0 Å². The third kappa shape index (κ3) is 4.24. The number of hydrogen-bond acceptors (Lipinski definition) is 3. The molecule has 0 saturated heterocycles. The van der Waals surface area contributed by atoms with Gasteiger partial charge in [0.05, 0.1) is 0 Å². The molecule has 28 heavy (non-hydrogen) atoms. The van der Waals surface area contributed by atoms with Gasteiger partial charge in [-0.15, -0.1) is 0 Å². The summed E-state index contributed by atoms with van der Waals surface area (Å²) >= 11 is 3.48. The normalized spacial score (nSPS) is 10.6. The Morgan fingerprint density at radius 3 is 2.07 bits per heavy atom. The maximum Gasteiger partial charge on any atom is 0.185 e. The molecule has 0 radical (unpaired) electrons. The lowest BCUT2D eigenvalue weighted by molar-refractivity contribution is 0.110. The fraction of sp³-hybridized carbons (Fsp3) is 0.0417. The third-order valence-electron chi connectivity index (χ3n) is 4.30. The Hall–Kier alpha value is -3.11. The highest BCUT2D eigenvalue weighted by atomic mass is 79.9. The number of aldehydes is 1. The van der Waals surface area contributed by atoms with E-state index in [0.717, 1.165) is 38.6 Å². The van der Waals surface area contributed by atoms with Crippen molar-refractivity contribution in [1.29, 1.82) is 0 Å². The van der Waals surface area contributed by atoms with E-state index in [1.165, 1.54) is 5.56 Å². The van der Waals surface area contributed by atoms with Crippen LogP contribution in [0.4, 0.5) is 0 Å². The first-order valence-electron chi connectivity index (χ1n) is 8.87. The average molecular weight is 433 g/mol. The summed E-state index contributed by atoms with van der Waals surface area (Å²) < 4.78 is 12.0. The first-order valence-corrected chi connectivity index (χ1v) is 9.66. The van der Waals surface area contributed by atoms with E-state index in [4.69, 9.17) is 8.83 Å². The lowest BCUT2D eigenvalue weighted by Gasteiger charge is -1.98. The lowest BCUT2D eigenvalue weighted by atomic mass is 10.1. The number of rotatable bonds is 3. The Morgan fingerprint density at radius 2 is 1.43 bits per heavy atom. The van der Waals surface area contributed by atoms with Gasteiger partial charge in [-0.2, -0.15) is 0 Å². The largest absolute Gasteiger partial charge is 0.461 e. The molecule has 2 aromatic heterocycles. The van der Waals surface area contributed by atoms with Gasteiger partial charge >= 0.3 is 0 Å². The SMILES string of the molecule is Brc1cccc(Cc2cc3ccccc3o2)c1.O=Cc1cc2ccccc2o1. The van der Waals surface area contributed by atoms with Gasteiger partial charge in [0.15, 0.2) is 12.0 Å². The second-order valence-electron chi connectivity index (χ2n) is 6.36. The number of benzene rings is 3. The number of para-hydroxylation sites is 2. The van der Waals surface area contributed by atoms with Crippen molar-refractivity contribution in [2.75, 3.05) is 0 Å². The van der Waals surface area contributed by atoms with Gasteiger partial charge in [-0.05, 0) is 42.0 Å². The van der Waals surface area contributed by atoms with Crippen molar-refractivity contribution in [3.05, 3.63) is 106 Å². The topological polar surface area (TPSA) is 43.4 Å². The van der Waals surface area contributed by atoms with Crippen molar-refractivity contribution in [1.82, 2.24) is 0 Å². The van der Waals surface area contributed by atoms with Crippen LogP contribution in [0, 0.1) is 0 Å². The van der Waals surface area contributed by atoms with Crippen molar-refractivity contribution in [3.8, 4) is 0 Å². The van der Waals surface area contributed by atoms with Gasteiger partial charge in [-0.25, -0.2) is 0 Å². The van der Waals surface area contributed by atoms with Crippen LogP contribution in [0.5, 0.6) is 0 Å². The van der Waals surface area contributed by atoms with Crippen LogP contribution in [0.15, 0.2) is 98.2 Å². The molecule has 0 atom stereocenters. The highest BCUT2D eigenvalue weighted by Gasteiger charge is 2.04. The quantitative estimate of drug-likeness (QED) is 0.287. The van der Waals surface area contributed by atoms with Crippen molar-refractivity contribution >= 4 is 44.2 Å². The molecule has 0 spiro atoms. The minimum absolute atomic E-state index is 0.381. The average Bonchev–Trinajstić information content (AvgIpc) is 3.31. The first-order chi connectivity index (χ1) is 13.7. The van der Waals surface area contributed by atoms with Crippen LogP contribution in [0.25, 0.3) is 21.9 Å². The summed E-state index contributed by atoms with van der Waals surface area (Å²) in [5.74, 6) is 1.38. The van der Waals surface area contributed by atoms with Gasteiger partial charge in [0.1, 0.15) is 16.9 Å². The number of hydrogen-bond donors (Lipinski definition) is 0. The summed E-state index contributed by atoms with van der Waals surface area (Å²) in [6.07, 6.45) is 1.54. The Balaban J connectivity index is 0.000000151. The summed E-state index contributed by atoms with van der Waals surface area (Å²) in [5, 5.41) is 2.13. The van der Waals surface area contributed by atoms with Crippen molar-refractivity contribution < 1.29 is 13.6 Å². The molecule has 138 valence electrons. The molecule has 0 saturated carbocycles. The van der Waals surface area contributed by atoms with Gasteiger partial charge in [-0.3, -0.25) is 4.79 Å². The van der Waals surface area contributed by atoms with E-state index in [-0.39, 0.29) is 0 Å². The second kappa shape index (κ2) is 8.28. The standard InChI is InChI=1S/C15H11BrO.C9H6O2/c16-13-6-3-4-11(8-13)9-14-10-12-5-1-2-7-15(12)17-14;10-6-8-5-7-3-1-2-4-9(7)11-8/h1-8,10H,9H2;1-6H. The van der Waals surface area contributed by atoms with Gasteiger partial charge in [0.25, 0.3) is 0 Å². The highest BCUT2D eigenvalue weighted by molar-refractivity contribution is 9.10. The van der Waals surface area contributed by atoms with Crippen LogP contribution >= 0.6 is 15.9 Å². The van der Waals surface area contributed by atoms with Gasteiger partial charge in [-0.1, -0.05) is 64.5 Å². The van der Waals surface area contributed by atoms with E-state index >= 15 is 0 Å². The molecule has 0 N–H and O–H groups in total. The molecule has 4 heteroatoms. The Bertz CT molecular complexity index is 1170. The Morgan fingerprint density at radius 1 is 0.750 bits per heavy atom. The summed E-state index contributed by atoms with van der Waals surface area (Å²) in [7, 11) is 0. The number of carbonyl (C=O) groups excluding carboxylic acids is 1. The maximum atomic E-state index is 10.3. The summed E-state index contributed by atoms with van der Waals surface area (Å²) in [4.78, 5) is 10.3. The number of halogens is 1. The van der Waals surface area contributed by atoms with Crippen LogP contribution in [-0.2, 0) is 6.42 Å². The molecular weight excluding hydrogens is 416 g/mol. The Kier molecular flexibility index (Phi) is 5.40. The van der Waals surface area contributed by atoms with E-state index < -0.39 is 0 Å². The zero-order chi connectivity index (χ0) is 19.3. The molecule has 0 fully saturated rings. The van der Waals surface area contributed by atoms with Crippen molar-refractivity contribution in [2.45, 2.75) is 6.42 Å². The maximum absolute atomic E-state index is 10.3. The van der Waals surface area contributed by atoms with Crippen LogP contribution in [0.1, 0.15) is 21.9 Å². The molecule has 5 aromatic rings. The van der Waals surface area contributed by atoms with Crippen LogP contribution in [-0.4, -0.2) is 6.29 Å². The molecule has 0 bridgehead atoms. The van der Waals surface area contributed by atoms with Crippen molar-refractivity contribution in [3.63, 3.8) is 0 Å². The Labute approximate surface area is 170 Å². The van der Waals surface area contributed by atoms with E-state index in [9.17, 15) is 4.79 Å². The molecular formula is C24H17BrO3. The molecule has 0 aliphatic carbocycles. The number of carbonyl (C=O) groups is 1. The van der Waals surface area contributed by atoms with Crippen molar-refractivity contribution in [2.24, 2.45) is 0 Å². The predicted octanol–water partition coefficient (Wildman–Crippen LogP) is 7.03. The molecule has 0 aliphatic rings. The zero-order valence-corrected chi connectivity index (χ0v) is 16.6. The van der Waals surface area contributed by atoms with Gasteiger partial charge < -0.3 is 8.83 Å². The monoisotopic (exact) mass is 432 g/mol. The van der Waals surface area contributed by atoms with Crippen LogP contribution < -0.4 is 0 Å². The minimum Gasteiger partial charge on any atom is -0.461 e. The van der Waals surface area contributed by atoms with Crippen LogP contribution in [0.3, 0.4) is 0 Å². The molecule has 5 rings (SSSR count). The molecule has 0 unspecified atom stereocenters. The first kappa shape index (κ1) is 18.3. The third-order valence-corrected chi connectivity index (χ3v) is 4.80. The van der Waals surface area contributed by atoms with E-state index in [0.29, 0.717) is 12.0 Å². The predicted molar refractivity (Wildman–Crippen MR) is 115 cm³/mol. The minimum atomic E-state index is 0.381. The summed E-state index contributed by atoms with van der Waals surface area (Å²) in [6, 6.07) is 27.8. The van der Waals surface area contributed by atoms with E-state index in [2.05, 4.69) is 40.2 Å².